The highest BCUT2D eigenvalue weighted by atomic mass is 79.9. The van der Waals surface area contributed by atoms with E-state index in [2.05, 4.69) is 34.1 Å². The maximum atomic E-state index is 9.92. The van der Waals surface area contributed by atoms with Gasteiger partial charge in [-0.05, 0) is 35.4 Å². The molecule has 3 rings (SSSR count). The average Bonchev–Trinajstić information content (AvgIpc) is 2.92. The van der Waals surface area contributed by atoms with Crippen LogP contribution in [0.15, 0.2) is 59.1 Å². The Morgan fingerprint density at radius 3 is 2.68 bits per heavy atom. The minimum absolute atomic E-state index is 0.187. The van der Waals surface area contributed by atoms with Crippen LogP contribution in [0.5, 0.6) is 5.75 Å². The number of hydrogen-bond acceptors (Lipinski definition) is 2. The minimum atomic E-state index is -0.187. The van der Waals surface area contributed by atoms with Gasteiger partial charge in [0.05, 0.1) is 6.61 Å². The second-order valence-electron chi connectivity index (χ2n) is 4.49. The lowest BCUT2D eigenvalue weighted by molar-refractivity contribution is 0.129. The monoisotopic (exact) mass is 316 g/mol. The maximum absolute atomic E-state index is 9.92. The van der Waals surface area contributed by atoms with Gasteiger partial charge in [0.25, 0.3) is 0 Å². The van der Waals surface area contributed by atoms with Gasteiger partial charge in [-0.3, -0.25) is 0 Å². The van der Waals surface area contributed by atoms with Gasteiger partial charge in [0.2, 0.25) is 0 Å². The number of hydrogen-bond donors (Lipinski definition) is 1. The molecule has 1 aliphatic rings. The lowest BCUT2D eigenvalue weighted by atomic mass is 10.0. The van der Waals surface area contributed by atoms with Crippen LogP contribution in [0, 0.1) is 0 Å². The molecule has 3 heteroatoms. The molecule has 0 aliphatic carbocycles. The fourth-order valence-corrected chi connectivity index (χ4v) is 2.60. The van der Waals surface area contributed by atoms with E-state index in [1.54, 1.807) is 6.07 Å². The number of halogens is 1. The Bertz CT molecular complexity index is 620. The number of phenolic OH excluding ortho intramolecular Hbond substituents is 1. The molecule has 2 nitrogen and oxygen atoms in total. The molecule has 96 valence electrons. The number of ether oxygens (including phenoxy) is 1. The Hall–Kier alpha value is -1.58. The SMILES string of the molecule is Oc1ccc(Br)cc1C1C=C(c2ccccc2)CO1. The molecule has 2 aromatic carbocycles. The summed E-state index contributed by atoms with van der Waals surface area (Å²) in [5, 5.41) is 9.92. The quantitative estimate of drug-likeness (QED) is 0.894. The van der Waals surface area contributed by atoms with Crippen LogP contribution in [0.25, 0.3) is 5.57 Å². The van der Waals surface area contributed by atoms with Gasteiger partial charge in [0.15, 0.2) is 0 Å². The van der Waals surface area contributed by atoms with E-state index in [-0.39, 0.29) is 11.9 Å². The molecule has 1 aliphatic heterocycles. The summed E-state index contributed by atoms with van der Waals surface area (Å²) >= 11 is 3.42. The first-order valence-electron chi connectivity index (χ1n) is 6.10. The van der Waals surface area contributed by atoms with E-state index in [9.17, 15) is 5.11 Å². The van der Waals surface area contributed by atoms with Gasteiger partial charge in [-0.1, -0.05) is 46.3 Å². The average molecular weight is 317 g/mol. The van der Waals surface area contributed by atoms with Crippen molar-refractivity contribution in [1.29, 1.82) is 0 Å². The highest BCUT2D eigenvalue weighted by Crippen LogP contribution is 2.36. The van der Waals surface area contributed by atoms with Crippen molar-refractivity contribution in [1.82, 2.24) is 0 Å². The van der Waals surface area contributed by atoms with Gasteiger partial charge in [-0.2, -0.15) is 0 Å². The molecule has 0 fully saturated rings. The Kier molecular flexibility index (Phi) is 3.40. The van der Waals surface area contributed by atoms with Crippen LogP contribution in [0.1, 0.15) is 17.2 Å². The first-order valence-corrected chi connectivity index (χ1v) is 6.89. The molecule has 0 bridgehead atoms. The fourth-order valence-electron chi connectivity index (χ4n) is 2.22. The second-order valence-corrected chi connectivity index (χ2v) is 5.41. The standard InChI is InChI=1S/C16H13BrO2/c17-13-6-7-15(18)14(9-13)16-8-12(10-19-16)11-4-2-1-3-5-11/h1-9,16,18H,10H2. The molecule has 1 N–H and O–H groups in total. The van der Waals surface area contributed by atoms with Crippen molar-refractivity contribution >= 4 is 21.5 Å². The number of aromatic hydroxyl groups is 1. The molecule has 0 amide bonds. The summed E-state index contributed by atoms with van der Waals surface area (Å²) in [5.41, 5.74) is 3.12. The van der Waals surface area contributed by atoms with Crippen molar-refractivity contribution in [2.24, 2.45) is 0 Å². The maximum Gasteiger partial charge on any atom is 0.121 e. The predicted molar refractivity (Wildman–Crippen MR) is 78.9 cm³/mol. The minimum Gasteiger partial charge on any atom is -0.508 e. The highest BCUT2D eigenvalue weighted by molar-refractivity contribution is 9.10. The first kappa shape index (κ1) is 12.5. The zero-order valence-electron chi connectivity index (χ0n) is 10.2. The lowest BCUT2D eigenvalue weighted by Crippen LogP contribution is -1.96. The Labute approximate surface area is 120 Å². The van der Waals surface area contributed by atoms with E-state index in [0.717, 1.165) is 15.6 Å². The molecular formula is C16H13BrO2. The van der Waals surface area contributed by atoms with E-state index in [0.29, 0.717) is 6.61 Å². The summed E-state index contributed by atoms with van der Waals surface area (Å²) in [5.74, 6) is 0.263. The molecule has 0 spiro atoms. The Morgan fingerprint density at radius 2 is 1.89 bits per heavy atom. The summed E-state index contributed by atoms with van der Waals surface area (Å²) in [7, 11) is 0. The first-order chi connectivity index (χ1) is 9.24. The van der Waals surface area contributed by atoms with E-state index >= 15 is 0 Å². The lowest BCUT2D eigenvalue weighted by Gasteiger charge is -2.10. The molecule has 19 heavy (non-hydrogen) atoms. The third kappa shape index (κ3) is 2.57. The molecular weight excluding hydrogens is 304 g/mol. The smallest absolute Gasteiger partial charge is 0.121 e. The van der Waals surface area contributed by atoms with E-state index in [4.69, 9.17) is 4.74 Å². The van der Waals surface area contributed by atoms with Crippen molar-refractivity contribution in [2.75, 3.05) is 6.61 Å². The van der Waals surface area contributed by atoms with E-state index < -0.39 is 0 Å². The Balaban J connectivity index is 1.93. The second kappa shape index (κ2) is 5.19. The number of benzene rings is 2. The van der Waals surface area contributed by atoms with Crippen LogP contribution >= 0.6 is 15.9 Å². The van der Waals surface area contributed by atoms with Crippen molar-refractivity contribution in [3.05, 3.63) is 70.2 Å². The van der Waals surface area contributed by atoms with Gasteiger partial charge < -0.3 is 9.84 Å². The summed E-state index contributed by atoms with van der Waals surface area (Å²) in [6, 6.07) is 15.5. The molecule has 0 saturated carbocycles. The van der Waals surface area contributed by atoms with Crippen molar-refractivity contribution in [3.63, 3.8) is 0 Å². The van der Waals surface area contributed by atoms with Crippen LogP contribution < -0.4 is 0 Å². The van der Waals surface area contributed by atoms with Gasteiger partial charge in [-0.25, -0.2) is 0 Å². The van der Waals surface area contributed by atoms with Gasteiger partial charge in [0, 0.05) is 10.0 Å². The van der Waals surface area contributed by atoms with Gasteiger partial charge in [-0.15, -0.1) is 0 Å². The molecule has 2 aromatic rings. The van der Waals surface area contributed by atoms with E-state index in [1.165, 1.54) is 5.56 Å². The normalized spacial score (nSPS) is 18.4. The van der Waals surface area contributed by atoms with Gasteiger partial charge in [0.1, 0.15) is 11.9 Å². The topological polar surface area (TPSA) is 29.5 Å². The summed E-state index contributed by atoms with van der Waals surface area (Å²) in [6.07, 6.45) is 1.88. The third-order valence-corrected chi connectivity index (χ3v) is 3.70. The molecule has 0 aromatic heterocycles. The van der Waals surface area contributed by atoms with Crippen molar-refractivity contribution < 1.29 is 9.84 Å². The summed E-state index contributed by atoms with van der Waals surface area (Å²) in [6.45, 7) is 0.570. The van der Waals surface area contributed by atoms with Crippen molar-refractivity contribution in [3.8, 4) is 5.75 Å². The van der Waals surface area contributed by atoms with Crippen LogP contribution in [-0.2, 0) is 4.74 Å². The number of rotatable bonds is 2. The predicted octanol–water partition coefficient (Wildman–Crippen LogP) is 4.31. The highest BCUT2D eigenvalue weighted by Gasteiger charge is 2.21. The molecule has 1 heterocycles. The van der Waals surface area contributed by atoms with Crippen LogP contribution in [0.2, 0.25) is 0 Å². The molecule has 0 radical (unpaired) electrons. The summed E-state index contributed by atoms with van der Waals surface area (Å²) in [4.78, 5) is 0. The van der Waals surface area contributed by atoms with Crippen LogP contribution in [0.4, 0.5) is 0 Å². The zero-order chi connectivity index (χ0) is 13.2. The zero-order valence-corrected chi connectivity index (χ0v) is 11.8. The van der Waals surface area contributed by atoms with Gasteiger partial charge >= 0.3 is 0 Å². The molecule has 0 saturated heterocycles. The molecule has 1 unspecified atom stereocenters. The number of phenols is 1. The summed E-state index contributed by atoms with van der Waals surface area (Å²) < 4.78 is 6.70. The fraction of sp³-hybridized carbons (Fsp3) is 0.125. The Morgan fingerprint density at radius 1 is 1.11 bits per heavy atom. The van der Waals surface area contributed by atoms with Crippen molar-refractivity contribution in [2.45, 2.75) is 6.10 Å². The van der Waals surface area contributed by atoms with E-state index in [1.807, 2.05) is 30.3 Å². The largest absolute Gasteiger partial charge is 0.508 e. The van der Waals surface area contributed by atoms with Crippen LogP contribution in [0.3, 0.4) is 0 Å². The molecule has 1 atom stereocenters. The third-order valence-electron chi connectivity index (χ3n) is 3.21. The van der Waals surface area contributed by atoms with Crippen LogP contribution in [-0.4, -0.2) is 11.7 Å².